The molecule has 0 aliphatic carbocycles. The van der Waals surface area contributed by atoms with Crippen LogP contribution in [0.1, 0.15) is 0 Å². The highest BCUT2D eigenvalue weighted by Gasteiger charge is 2.15. The highest BCUT2D eigenvalue weighted by molar-refractivity contribution is 6.13. The third-order valence-electron chi connectivity index (χ3n) is 3.01. The first-order valence-electron chi connectivity index (χ1n) is 5.66. The first kappa shape index (κ1) is 11.3. The van der Waals surface area contributed by atoms with Crippen molar-refractivity contribution in [2.45, 2.75) is 0 Å². The van der Waals surface area contributed by atoms with Gasteiger partial charge in [-0.25, -0.2) is 9.97 Å². The minimum absolute atomic E-state index is 0.392. The molecule has 0 radical (unpaired) electrons. The van der Waals surface area contributed by atoms with Gasteiger partial charge in [-0.05, 0) is 12.1 Å². The first-order chi connectivity index (χ1) is 9.08. The molecular weight excluding hydrogens is 241 g/mol. The smallest absolute Gasteiger partial charge is 0.251 e. The molecular formula is C11H12BN7. The van der Waals surface area contributed by atoms with Crippen LogP contribution in [0, 0.1) is 0 Å². The Morgan fingerprint density at radius 1 is 1.05 bits per heavy atom. The topological polar surface area (TPSA) is 122 Å². The van der Waals surface area contributed by atoms with E-state index in [-0.39, 0.29) is 0 Å². The number of rotatable bonds is 1. The van der Waals surface area contributed by atoms with Gasteiger partial charge in [-0.1, -0.05) is 6.07 Å². The fourth-order valence-electron chi connectivity index (χ4n) is 2.03. The average molecular weight is 253 g/mol. The predicted molar refractivity (Wildman–Crippen MR) is 77.9 cm³/mol. The van der Waals surface area contributed by atoms with Crippen LogP contribution in [-0.4, -0.2) is 27.6 Å². The molecule has 2 aromatic heterocycles. The highest BCUT2D eigenvalue weighted by Crippen LogP contribution is 2.31. The third-order valence-corrected chi connectivity index (χ3v) is 3.01. The molecule has 0 amide bonds. The number of anilines is 3. The molecule has 0 bridgehead atoms. The van der Waals surface area contributed by atoms with Crippen LogP contribution in [0.2, 0.25) is 0 Å². The summed E-state index contributed by atoms with van der Waals surface area (Å²) < 4.78 is 1.66. The van der Waals surface area contributed by atoms with Crippen molar-refractivity contribution < 1.29 is 0 Å². The maximum atomic E-state index is 5.92. The van der Waals surface area contributed by atoms with Gasteiger partial charge >= 0.3 is 0 Å². The maximum absolute atomic E-state index is 5.92. The van der Waals surface area contributed by atoms with Crippen LogP contribution in [0.5, 0.6) is 0 Å². The van der Waals surface area contributed by atoms with Crippen LogP contribution in [0.25, 0.3) is 22.3 Å². The lowest BCUT2D eigenvalue weighted by Crippen LogP contribution is -1.96. The predicted octanol–water partition coefficient (Wildman–Crippen LogP) is -0.364. The number of aromatic nitrogens is 4. The van der Waals surface area contributed by atoms with E-state index in [4.69, 9.17) is 17.2 Å². The van der Waals surface area contributed by atoms with Gasteiger partial charge < -0.3 is 21.8 Å². The Morgan fingerprint density at radius 2 is 1.84 bits per heavy atom. The van der Waals surface area contributed by atoms with Crippen molar-refractivity contribution in [3.8, 4) is 11.3 Å². The molecule has 2 heterocycles. The van der Waals surface area contributed by atoms with Gasteiger partial charge in [0, 0.05) is 5.56 Å². The van der Waals surface area contributed by atoms with Gasteiger partial charge in [0.2, 0.25) is 0 Å². The summed E-state index contributed by atoms with van der Waals surface area (Å²) in [5, 5.41) is 5.15. The number of hydrogen-bond acceptors (Lipinski definition) is 6. The third kappa shape index (κ3) is 1.65. The zero-order valence-electron chi connectivity index (χ0n) is 10.3. The zero-order valence-corrected chi connectivity index (χ0v) is 10.3. The van der Waals surface area contributed by atoms with E-state index in [1.165, 1.54) is 6.33 Å². The molecule has 0 aliphatic rings. The van der Waals surface area contributed by atoms with Crippen molar-refractivity contribution in [1.29, 1.82) is 0 Å². The summed E-state index contributed by atoms with van der Waals surface area (Å²) in [6.45, 7) is 0. The Morgan fingerprint density at radius 3 is 2.58 bits per heavy atom. The van der Waals surface area contributed by atoms with Crippen LogP contribution in [0.15, 0.2) is 24.5 Å². The molecule has 0 unspecified atom stereocenters. The fourth-order valence-corrected chi connectivity index (χ4v) is 2.03. The minimum atomic E-state index is 0.392. The SMILES string of the molecule is Bn1nc(-c2ccc(N)c(N)c2)c2c(N)ncnc21. The summed E-state index contributed by atoms with van der Waals surface area (Å²) in [7, 11) is 1.80. The Balaban J connectivity index is 2.33. The summed E-state index contributed by atoms with van der Waals surface area (Å²) in [4.78, 5) is 8.19. The minimum Gasteiger partial charge on any atom is -0.397 e. The van der Waals surface area contributed by atoms with Crippen molar-refractivity contribution in [3.05, 3.63) is 24.5 Å². The Kier molecular flexibility index (Phi) is 2.31. The van der Waals surface area contributed by atoms with E-state index >= 15 is 0 Å². The molecule has 0 atom stereocenters. The van der Waals surface area contributed by atoms with Gasteiger partial charge in [0.1, 0.15) is 17.8 Å². The van der Waals surface area contributed by atoms with E-state index in [2.05, 4.69) is 15.1 Å². The lowest BCUT2D eigenvalue weighted by Gasteiger charge is -2.03. The monoisotopic (exact) mass is 253 g/mol. The largest absolute Gasteiger partial charge is 0.397 e. The quantitative estimate of drug-likeness (QED) is 0.402. The molecule has 94 valence electrons. The number of nitrogens with zero attached hydrogens (tertiary/aromatic N) is 4. The van der Waals surface area contributed by atoms with Gasteiger partial charge in [-0.2, -0.15) is 5.10 Å². The molecule has 0 saturated heterocycles. The Hall–Kier alpha value is -2.77. The summed E-state index contributed by atoms with van der Waals surface area (Å²) in [6, 6.07) is 5.36. The van der Waals surface area contributed by atoms with E-state index in [9.17, 15) is 0 Å². The summed E-state index contributed by atoms with van der Waals surface area (Å²) >= 11 is 0. The van der Waals surface area contributed by atoms with Crippen molar-refractivity contribution in [1.82, 2.24) is 19.7 Å². The van der Waals surface area contributed by atoms with E-state index in [1.807, 2.05) is 6.07 Å². The second kappa shape index (κ2) is 3.87. The standard InChI is InChI=1S/C11H12BN7/c12-19-11-8(10(15)16-4-17-11)9(18-19)5-1-2-6(13)7(14)3-5/h1-4H,12-14H2,(H2,15,16,17). The molecule has 0 aliphatic heterocycles. The first-order valence-corrected chi connectivity index (χ1v) is 5.66. The molecule has 8 heteroatoms. The van der Waals surface area contributed by atoms with E-state index in [1.54, 1.807) is 24.7 Å². The van der Waals surface area contributed by atoms with Crippen LogP contribution in [0.3, 0.4) is 0 Å². The number of nitrogens with two attached hydrogens (primary N) is 3. The van der Waals surface area contributed by atoms with Crippen LogP contribution in [0.4, 0.5) is 17.2 Å². The number of fused-ring (bicyclic) bond motifs is 1. The van der Waals surface area contributed by atoms with Crippen molar-refractivity contribution >= 4 is 36.2 Å². The van der Waals surface area contributed by atoms with Crippen molar-refractivity contribution in [3.63, 3.8) is 0 Å². The zero-order chi connectivity index (χ0) is 13.6. The van der Waals surface area contributed by atoms with Crippen LogP contribution in [-0.2, 0) is 0 Å². The molecule has 6 N–H and O–H groups in total. The lowest BCUT2D eigenvalue weighted by molar-refractivity contribution is 1.00. The molecule has 3 aromatic rings. The van der Waals surface area contributed by atoms with Crippen molar-refractivity contribution in [2.24, 2.45) is 0 Å². The molecule has 0 spiro atoms. The van der Waals surface area contributed by atoms with E-state index < -0.39 is 0 Å². The Bertz CT molecular complexity index is 780. The molecule has 7 nitrogen and oxygen atoms in total. The van der Waals surface area contributed by atoms with Crippen molar-refractivity contribution in [2.75, 3.05) is 17.2 Å². The molecule has 19 heavy (non-hydrogen) atoms. The van der Waals surface area contributed by atoms with Gasteiger partial charge in [0.05, 0.1) is 16.8 Å². The van der Waals surface area contributed by atoms with Gasteiger partial charge in [0.25, 0.3) is 7.98 Å². The van der Waals surface area contributed by atoms with Crippen LogP contribution >= 0.6 is 0 Å². The molecule has 3 rings (SSSR count). The fraction of sp³-hybridized carbons (Fsp3) is 0. The average Bonchev–Trinajstić information content (AvgIpc) is 2.72. The van der Waals surface area contributed by atoms with Gasteiger partial charge in [-0.3, -0.25) is 0 Å². The van der Waals surface area contributed by atoms with Gasteiger partial charge in [-0.15, -0.1) is 0 Å². The lowest BCUT2D eigenvalue weighted by atomic mass is 10.1. The molecule has 0 saturated carbocycles. The number of benzene rings is 1. The summed E-state index contributed by atoms with van der Waals surface area (Å²) in [6.07, 6.45) is 1.42. The number of nitrogen functional groups attached to an aromatic ring is 3. The maximum Gasteiger partial charge on any atom is 0.251 e. The van der Waals surface area contributed by atoms with E-state index in [0.29, 0.717) is 33.9 Å². The van der Waals surface area contributed by atoms with Gasteiger partial charge in [0.15, 0.2) is 5.65 Å². The molecule has 1 aromatic carbocycles. The Labute approximate surface area is 109 Å². The second-order valence-electron chi connectivity index (χ2n) is 4.27. The van der Waals surface area contributed by atoms with E-state index in [0.717, 1.165) is 5.56 Å². The normalized spacial score (nSPS) is 10.9. The molecule has 0 fully saturated rings. The second-order valence-corrected chi connectivity index (χ2v) is 4.27. The number of hydrogen-bond donors (Lipinski definition) is 3. The highest BCUT2D eigenvalue weighted by atomic mass is 15.3. The summed E-state index contributed by atoms with van der Waals surface area (Å²) in [5.41, 5.74) is 20.7. The summed E-state index contributed by atoms with van der Waals surface area (Å²) in [5.74, 6) is 0.392. The van der Waals surface area contributed by atoms with Crippen LogP contribution < -0.4 is 17.2 Å².